The lowest BCUT2D eigenvalue weighted by molar-refractivity contribution is 0.311. The Kier molecular flexibility index (Phi) is 5.59. The number of ether oxygens (including phenoxy) is 2. The van der Waals surface area contributed by atoms with E-state index >= 15 is 0 Å². The van der Waals surface area contributed by atoms with E-state index in [-0.39, 0.29) is 11.9 Å². The lowest BCUT2D eigenvalue weighted by atomic mass is 10.1. The highest BCUT2D eigenvalue weighted by Crippen LogP contribution is 2.31. The van der Waals surface area contributed by atoms with Gasteiger partial charge in [-0.05, 0) is 44.5 Å². The van der Waals surface area contributed by atoms with Crippen LogP contribution in [-0.4, -0.2) is 23.9 Å². The second-order valence-electron chi connectivity index (χ2n) is 6.08. The third-order valence-corrected chi connectivity index (χ3v) is 4.09. The van der Waals surface area contributed by atoms with Crippen molar-refractivity contribution in [3.8, 4) is 22.9 Å². The van der Waals surface area contributed by atoms with Crippen LogP contribution in [0.1, 0.15) is 31.3 Å². The van der Waals surface area contributed by atoms with Gasteiger partial charge in [0.05, 0.1) is 13.7 Å². The van der Waals surface area contributed by atoms with E-state index in [2.05, 4.69) is 15.5 Å². The zero-order valence-corrected chi connectivity index (χ0v) is 15.7. The van der Waals surface area contributed by atoms with Crippen molar-refractivity contribution in [1.82, 2.24) is 10.1 Å². The predicted molar refractivity (Wildman–Crippen MR) is 101 cm³/mol. The van der Waals surface area contributed by atoms with Crippen molar-refractivity contribution in [1.29, 1.82) is 0 Å². The molecule has 142 valence electrons. The van der Waals surface area contributed by atoms with Gasteiger partial charge in [0.15, 0.2) is 11.5 Å². The molecule has 0 aliphatic rings. The molecule has 0 aliphatic carbocycles. The minimum Gasteiger partial charge on any atom is -0.493 e. The zero-order valence-electron chi connectivity index (χ0n) is 15.7. The molecule has 3 aromatic rings. The molecule has 0 amide bonds. The Morgan fingerprint density at radius 1 is 1.19 bits per heavy atom. The summed E-state index contributed by atoms with van der Waals surface area (Å²) in [6.45, 7) is 6.08. The topological polar surface area (TPSA) is 69.4 Å². The van der Waals surface area contributed by atoms with Crippen LogP contribution in [0.5, 0.6) is 11.5 Å². The Morgan fingerprint density at radius 2 is 2.00 bits per heavy atom. The summed E-state index contributed by atoms with van der Waals surface area (Å²) in [5.74, 6) is 1.77. The minimum absolute atomic E-state index is 0.246. The number of rotatable bonds is 7. The molecule has 0 spiro atoms. The second-order valence-corrected chi connectivity index (χ2v) is 6.08. The number of nitrogens with one attached hydrogen (secondary N) is 1. The highest BCUT2D eigenvalue weighted by molar-refractivity contribution is 5.56. The summed E-state index contributed by atoms with van der Waals surface area (Å²) in [6.07, 6.45) is 0. The monoisotopic (exact) mass is 371 g/mol. The first kappa shape index (κ1) is 18.7. The number of anilines is 1. The quantitative estimate of drug-likeness (QED) is 0.645. The lowest BCUT2D eigenvalue weighted by Gasteiger charge is -2.14. The molecule has 1 atom stereocenters. The molecule has 1 N–H and O–H groups in total. The van der Waals surface area contributed by atoms with Crippen LogP contribution in [0.3, 0.4) is 0 Å². The highest BCUT2D eigenvalue weighted by atomic mass is 19.1. The van der Waals surface area contributed by atoms with Crippen molar-refractivity contribution >= 4 is 5.69 Å². The van der Waals surface area contributed by atoms with Crippen molar-refractivity contribution in [2.75, 3.05) is 19.0 Å². The van der Waals surface area contributed by atoms with Crippen LogP contribution >= 0.6 is 0 Å². The third kappa shape index (κ3) is 4.19. The molecule has 6 nitrogen and oxygen atoms in total. The first-order chi connectivity index (χ1) is 13.0. The minimum atomic E-state index is -0.300. The van der Waals surface area contributed by atoms with E-state index in [4.69, 9.17) is 14.0 Å². The van der Waals surface area contributed by atoms with Crippen LogP contribution in [0.15, 0.2) is 40.9 Å². The first-order valence-corrected chi connectivity index (χ1v) is 8.69. The Hall–Kier alpha value is -3.09. The molecular weight excluding hydrogens is 349 g/mol. The number of aryl methyl sites for hydroxylation is 1. The molecule has 0 bridgehead atoms. The fourth-order valence-corrected chi connectivity index (χ4v) is 2.60. The van der Waals surface area contributed by atoms with Gasteiger partial charge in [-0.25, -0.2) is 4.39 Å². The second kappa shape index (κ2) is 8.07. The molecule has 1 heterocycles. The van der Waals surface area contributed by atoms with Crippen molar-refractivity contribution in [3.05, 3.63) is 53.7 Å². The predicted octanol–water partition coefficient (Wildman–Crippen LogP) is 4.76. The van der Waals surface area contributed by atoms with E-state index in [9.17, 15) is 4.39 Å². The van der Waals surface area contributed by atoms with Crippen LogP contribution in [0, 0.1) is 12.7 Å². The Bertz CT molecular complexity index is 927. The normalized spacial score (nSPS) is 11.9. The number of methoxy groups -OCH3 is 1. The summed E-state index contributed by atoms with van der Waals surface area (Å²) in [4.78, 5) is 4.37. The van der Waals surface area contributed by atoms with Gasteiger partial charge in [-0.2, -0.15) is 4.98 Å². The largest absolute Gasteiger partial charge is 0.493 e. The molecule has 0 aliphatic heterocycles. The maximum Gasteiger partial charge on any atom is 0.249 e. The number of hydrogen-bond acceptors (Lipinski definition) is 6. The maximum absolute atomic E-state index is 13.8. The van der Waals surface area contributed by atoms with Crippen molar-refractivity contribution in [3.63, 3.8) is 0 Å². The summed E-state index contributed by atoms with van der Waals surface area (Å²) in [5.41, 5.74) is 1.97. The summed E-state index contributed by atoms with van der Waals surface area (Å²) in [7, 11) is 1.59. The third-order valence-electron chi connectivity index (χ3n) is 4.09. The Labute approximate surface area is 157 Å². The molecule has 0 fully saturated rings. The Balaban J connectivity index is 1.76. The van der Waals surface area contributed by atoms with Gasteiger partial charge in [-0.3, -0.25) is 0 Å². The maximum atomic E-state index is 13.8. The van der Waals surface area contributed by atoms with E-state index in [1.807, 2.05) is 32.0 Å². The number of benzene rings is 2. The van der Waals surface area contributed by atoms with Crippen molar-refractivity contribution in [2.45, 2.75) is 26.8 Å². The van der Waals surface area contributed by atoms with E-state index in [0.29, 0.717) is 40.9 Å². The smallest absolute Gasteiger partial charge is 0.249 e. The van der Waals surface area contributed by atoms with Gasteiger partial charge in [0, 0.05) is 17.3 Å². The number of nitrogens with zero attached hydrogens (tertiary/aromatic N) is 2. The van der Waals surface area contributed by atoms with Crippen LogP contribution < -0.4 is 14.8 Å². The van der Waals surface area contributed by atoms with Gasteiger partial charge in [-0.1, -0.05) is 17.3 Å². The van der Waals surface area contributed by atoms with E-state index in [1.54, 1.807) is 26.2 Å². The summed E-state index contributed by atoms with van der Waals surface area (Å²) in [5, 5.41) is 7.24. The molecule has 0 saturated carbocycles. The van der Waals surface area contributed by atoms with Gasteiger partial charge in [0.2, 0.25) is 11.7 Å². The molecule has 0 saturated heterocycles. The van der Waals surface area contributed by atoms with Crippen LogP contribution in [0.25, 0.3) is 11.4 Å². The lowest BCUT2D eigenvalue weighted by Crippen LogP contribution is -2.07. The molecule has 7 heteroatoms. The average Bonchev–Trinajstić information content (AvgIpc) is 3.15. The molecule has 1 aromatic heterocycles. The zero-order chi connectivity index (χ0) is 19.4. The molecule has 0 radical (unpaired) electrons. The van der Waals surface area contributed by atoms with Crippen molar-refractivity contribution in [2.24, 2.45) is 0 Å². The van der Waals surface area contributed by atoms with Crippen molar-refractivity contribution < 1.29 is 18.4 Å². The SMILES string of the molecule is CCOc1ccc(NC(C)c2nc(-c3ccc(C)c(F)c3)no2)cc1OC. The standard InChI is InChI=1S/C20H22FN3O3/c1-5-26-17-9-8-15(11-18(17)25-4)22-13(3)20-23-19(24-27-20)14-7-6-12(2)16(21)10-14/h6-11,13,22H,5H2,1-4H3. The fraction of sp³-hybridized carbons (Fsp3) is 0.300. The average molecular weight is 371 g/mol. The number of hydrogen-bond donors (Lipinski definition) is 1. The van der Waals surface area contributed by atoms with Gasteiger partial charge < -0.3 is 19.3 Å². The highest BCUT2D eigenvalue weighted by Gasteiger charge is 2.17. The van der Waals surface area contributed by atoms with E-state index in [1.165, 1.54) is 6.07 Å². The molecule has 27 heavy (non-hydrogen) atoms. The molecule has 1 unspecified atom stereocenters. The summed E-state index contributed by atoms with van der Waals surface area (Å²) in [6, 6.07) is 10.2. The molecule has 2 aromatic carbocycles. The molecule has 3 rings (SSSR count). The van der Waals surface area contributed by atoms with Crippen LogP contribution in [0.2, 0.25) is 0 Å². The van der Waals surface area contributed by atoms with Gasteiger partial charge in [0.25, 0.3) is 0 Å². The number of aromatic nitrogens is 2. The summed E-state index contributed by atoms with van der Waals surface area (Å²) < 4.78 is 30.0. The number of halogens is 1. The van der Waals surface area contributed by atoms with Gasteiger partial charge in [0.1, 0.15) is 11.9 Å². The molecular formula is C20H22FN3O3. The fourth-order valence-electron chi connectivity index (χ4n) is 2.60. The van der Waals surface area contributed by atoms with Gasteiger partial charge >= 0.3 is 0 Å². The van der Waals surface area contributed by atoms with E-state index in [0.717, 1.165) is 5.69 Å². The van der Waals surface area contributed by atoms with Crippen LogP contribution in [-0.2, 0) is 0 Å². The van der Waals surface area contributed by atoms with Gasteiger partial charge in [-0.15, -0.1) is 0 Å². The Morgan fingerprint density at radius 3 is 2.70 bits per heavy atom. The first-order valence-electron chi connectivity index (χ1n) is 8.69. The van der Waals surface area contributed by atoms with Crippen LogP contribution in [0.4, 0.5) is 10.1 Å². The van der Waals surface area contributed by atoms with E-state index < -0.39 is 0 Å². The summed E-state index contributed by atoms with van der Waals surface area (Å²) >= 11 is 0.